The molecule has 0 saturated heterocycles. The zero-order valence-electron chi connectivity index (χ0n) is 17.3. The smallest absolute Gasteiger partial charge is 0.118 e. The van der Waals surface area contributed by atoms with E-state index < -0.39 is 6.04 Å². The molecular weight excluding hydrogens is 358 g/mol. The summed E-state index contributed by atoms with van der Waals surface area (Å²) >= 11 is 0. The van der Waals surface area contributed by atoms with Crippen LogP contribution >= 0.6 is 0 Å². The van der Waals surface area contributed by atoms with Crippen LogP contribution in [0.15, 0.2) is 29.4 Å². The number of aliphatic hydroxyl groups excluding tert-OH is 1. The van der Waals surface area contributed by atoms with Crippen molar-refractivity contribution in [3.63, 3.8) is 0 Å². The van der Waals surface area contributed by atoms with Crippen molar-refractivity contribution in [2.24, 2.45) is 5.11 Å². The van der Waals surface area contributed by atoms with Crippen molar-refractivity contribution in [1.29, 1.82) is 0 Å². The Bertz CT molecular complexity index is 547. The van der Waals surface area contributed by atoms with Gasteiger partial charge in [-0.25, -0.2) is 0 Å². The summed E-state index contributed by atoms with van der Waals surface area (Å²) in [4.78, 5) is 2.71. The maximum absolute atomic E-state index is 9.12. The van der Waals surface area contributed by atoms with Gasteiger partial charge in [0.1, 0.15) is 5.75 Å². The van der Waals surface area contributed by atoms with Crippen molar-refractivity contribution in [3.8, 4) is 5.75 Å². The van der Waals surface area contributed by atoms with Crippen LogP contribution in [0.25, 0.3) is 10.4 Å². The molecule has 0 radical (unpaired) electrons. The summed E-state index contributed by atoms with van der Waals surface area (Å²) in [5.74, 6) is 0.836. The van der Waals surface area contributed by atoms with Gasteiger partial charge in [-0.3, -0.25) is 0 Å². The second-order valence-electron chi connectivity index (χ2n) is 6.89. The third-order valence-corrected chi connectivity index (χ3v) is 4.59. The van der Waals surface area contributed by atoms with Crippen LogP contribution in [0.1, 0.15) is 57.4 Å². The van der Waals surface area contributed by atoms with Crippen molar-refractivity contribution in [2.75, 3.05) is 26.9 Å². The molecule has 0 bridgehead atoms. The van der Waals surface area contributed by atoms with Gasteiger partial charge in [0.05, 0.1) is 39.1 Å². The van der Waals surface area contributed by atoms with E-state index in [4.69, 9.17) is 24.8 Å². The molecule has 2 atom stereocenters. The van der Waals surface area contributed by atoms with E-state index >= 15 is 0 Å². The van der Waals surface area contributed by atoms with Crippen molar-refractivity contribution >= 4 is 0 Å². The lowest BCUT2D eigenvalue weighted by Crippen LogP contribution is -2.20. The first-order valence-electron chi connectivity index (χ1n) is 10.2. The summed E-state index contributed by atoms with van der Waals surface area (Å²) in [5.41, 5.74) is 9.56. The fraction of sp³-hybridized carbons (Fsp3) is 0.714. The van der Waals surface area contributed by atoms with Gasteiger partial charge in [-0.2, -0.15) is 0 Å². The summed E-state index contributed by atoms with van der Waals surface area (Å²) in [6.07, 6.45) is 8.05. The predicted molar refractivity (Wildman–Crippen MR) is 110 cm³/mol. The number of hydrogen-bond acceptors (Lipinski definition) is 5. The van der Waals surface area contributed by atoms with Gasteiger partial charge in [0.15, 0.2) is 0 Å². The van der Waals surface area contributed by atoms with Crippen LogP contribution in [0.5, 0.6) is 5.75 Å². The van der Waals surface area contributed by atoms with Gasteiger partial charge in [0.2, 0.25) is 0 Å². The van der Waals surface area contributed by atoms with E-state index in [-0.39, 0.29) is 19.3 Å². The molecule has 0 fully saturated rings. The molecule has 28 heavy (non-hydrogen) atoms. The SMILES string of the molecule is CCCCCCC[C@H](CCOCC(CO)N=[N+]=[N-])OCc1ccc(OC)cc1. The minimum absolute atomic E-state index is 0.121. The minimum Gasteiger partial charge on any atom is -0.497 e. The van der Waals surface area contributed by atoms with Crippen LogP contribution in [0.3, 0.4) is 0 Å². The molecule has 0 saturated carbocycles. The highest BCUT2D eigenvalue weighted by Crippen LogP contribution is 2.16. The fourth-order valence-corrected chi connectivity index (χ4v) is 2.85. The lowest BCUT2D eigenvalue weighted by Gasteiger charge is -2.19. The van der Waals surface area contributed by atoms with Crippen LogP contribution in [0, 0.1) is 0 Å². The van der Waals surface area contributed by atoms with Crippen LogP contribution in [-0.4, -0.2) is 44.2 Å². The lowest BCUT2D eigenvalue weighted by atomic mass is 10.1. The second kappa shape index (κ2) is 16.2. The summed E-state index contributed by atoms with van der Waals surface area (Å²) in [6.45, 7) is 3.30. The molecule has 0 aliphatic rings. The molecular formula is C21H35N3O4. The molecule has 0 heterocycles. The average molecular weight is 394 g/mol. The summed E-state index contributed by atoms with van der Waals surface area (Å²) in [7, 11) is 1.66. The Labute approximate surface area is 168 Å². The molecule has 1 N–H and O–H groups in total. The van der Waals surface area contributed by atoms with E-state index in [9.17, 15) is 0 Å². The molecule has 7 heteroatoms. The Hall–Kier alpha value is -1.79. The Morgan fingerprint density at radius 3 is 2.50 bits per heavy atom. The van der Waals surface area contributed by atoms with Crippen LogP contribution < -0.4 is 4.74 Å². The Morgan fingerprint density at radius 1 is 1.11 bits per heavy atom. The number of benzene rings is 1. The predicted octanol–water partition coefficient (Wildman–Crippen LogP) is 5.02. The lowest BCUT2D eigenvalue weighted by molar-refractivity contribution is 0.00259. The average Bonchev–Trinajstić information content (AvgIpc) is 2.73. The zero-order valence-corrected chi connectivity index (χ0v) is 17.3. The molecule has 0 aliphatic carbocycles. The summed E-state index contributed by atoms with van der Waals surface area (Å²) in [6, 6.07) is 7.37. The molecule has 1 aromatic rings. The van der Waals surface area contributed by atoms with Crippen molar-refractivity contribution < 1.29 is 19.3 Å². The Kier molecular flexibility index (Phi) is 14.0. The molecule has 1 aromatic carbocycles. The highest BCUT2D eigenvalue weighted by molar-refractivity contribution is 5.26. The molecule has 0 aromatic heterocycles. The monoisotopic (exact) mass is 393 g/mol. The molecule has 158 valence electrons. The quantitative estimate of drug-likeness (QED) is 0.174. The number of rotatable bonds is 17. The van der Waals surface area contributed by atoms with Gasteiger partial charge >= 0.3 is 0 Å². The standard InChI is InChI=1S/C21H35N3O4/c1-3-4-5-6-7-8-21(13-14-27-17-19(15-25)23-24-22)28-16-18-9-11-20(26-2)12-10-18/h9-12,19,21,25H,3-8,13-17H2,1-2H3/t19?,21-/m1/s1. The minimum atomic E-state index is -0.530. The number of aliphatic hydroxyl groups is 1. The van der Waals surface area contributed by atoms with Gasteiger partial charge < -0.3 is 19.3 Å². The van der Waals surface area contributed by atoms with E-state index in [0.717, 1.165) is 30.6 Å². The number of azide groups is 1. The maximum atomic E-state index is 9.12. The Morgan fingerprint density at radius 2 is 1.86 bits per heavy atom. The van der Waals surface area contributed by atoms with Gasteiger partial charge in [-0.1, -0.05) is 56.3 Å². The largest absolute Gasteiger partial charge is 0.497 e. The maximum Gasteiger partial charge on any atom is 0.118 e. The van der Waals surface area contributed by atoms with E-state index in [1.807, 2.05) is 24.3 Å². The summed E-state index contributed by atoms with van der Waals surface area (Å²) < 4.78 is 16.9. The third kappa shape index (κ3) is 11.1. The van der Waals surface area contributed by atoms with Crippen LogP contribution in [0.2, 0.25) is 0 Å². The number of methoxy groups -OCH3 is 1. The molecule has 1 unspecified atom stereocenters. The first-order chi connectivity index (χ1) is 13.7. The van der Waals surface area contributed by atoms with Gasteiger partial charge in [-0.15, -0.1) is 0 Å². The molecule has 1 rings (SSSR count). The second-order valence-corrected chi connectivity index (χ2v) is 6.89. The number of ether oxygens (including phenoxy) is 3. The van der Waals surface area contributed by atoms with Crippen LogP contribution in [0.4, 0.5) is 0 Å². The van der Waals surface area contributed by atoms with E-state index in [1.54, 1.807) is 7.11 Å². The molecule has 0 aliphatic heterocycles. The van der Waals surface area contributed by atoms with Crippen molar-refractivity contribution in [1.82, 2.24) is 0 Å². The molecule has 0 amide bonds. The number of unbranched alkanes of at least 4 members (excludes halogenated alkanes) is 4. The first kappa shape index (κ1) is 24.2. The topological polar surface area (TPSA) is 96.7 Å². The van der Waals surface area contributed by atoms with Crippen molar-refractivity contribution in [2.45, 2.75) is 70.6 Å². The number of hydrogen-bond donors (Lipinski definition) is 1. The molecule has 7 nitrogen and oxygen atoms in total. The number of nitrogens with zero attached hydrogens (tertiary/aromatic N) is 3. The van der Waals surface area contributed by atoms with Crippen molar-refractivity contribution in [3.05, 3.63) is 40.3 Å². The van der Waals surface area contributed by atoms with Gasteiger partial charge in [0.25, 0.3) is 0 Å². The Balaban J connectivity index is 2.41. The normalized spacial score (nSPS) is 13.0. The third-order valence-electron chi connectivity index (χ3n) is 4.59. The highest BCUT2D eigenvalue weighted by atomic mass is 16.5. The van der Waals surface area contributed by atoms with E-state index in [0.29, 0.717) is 13.2 Å². The highest BCUT2D eigenvalue weighted by Gasteiger charge is 2.11. The fourth-order valence-electron chi connectivity index (χ4n) is 2.85. The van der Waals surface area contributed by atoms with E-state index in [1.165, 1.54) is 25.7 Å². The zero-order chi connectivity index (χ0) is 20.5. The van der Waals surface area contributed by atoms with E-state index in [2.05, 4.69) is 16.9 Å². The first-order valence-corrected chi connectivity index (χ1v) is 10.2. The molecule has 0 spiro atoms. The van der Waals surface area contributed by atoms with Gasteiger partial charge in [-0.05, 0) is 36.1 Å². The van der Waals surface area contributed by atoms with Crippen LogP contribution in [-0.2, 0) is 16.1 Å². The summed E-state index contributed by atoms with van der Waals surface area (Å²) in [5, 5.41) is 12.6. The van der Waals surface area contributed by atoms with Gasteiger partial charge in [0, 0.05) is 11.5 Å².